The van der Waals surface area contributed by atoms with Gasteiger partial charge in [0.25, 0.3) is 0 Å². The van der Waals surface area contributed by atoms with E-state index in [9.17, 15) is 20.4 Å². The SMILES string of the molecule is Cc1nc2c(O)cccc2cc1O.Cc1nc2c(O)cccc2cc1O.[Al]. The topological polar surface area (TPSA) is 107 Å². The summed E-state index contributed by atoms with van der Waals surface area (Å²) in [7, 11) is 0. The smallest absolute Gasteiger partial charge is 0.141 e. The van der Waals surface area contributed by atoms with E-state index in [0.717, 1.165) is 10.8 Å². The number of aromatic hydroxyl groups is 4. The van der Waals surface area contributed by atoms with Crippen LogP contribution in [0.3, 0.4) is 0 Å². The Labute approximate surface area is 166 Å². The second kappa shape index (κ2) is 8.13. The number of pyridine rings is 2. The zero-order chi connectivity index (χ0) is 18.8. The molecule has 0 aliphatic heterocycles. The number of nitrogens with zero attached hydrogens (tertiary/aromatic N) is 2. The molecule has 0 amide bonds. The zero-order valence-corrected chi connectivity index (χ0v) is 16.0. The predicted octanol–water partition coefficient (Wildman–Crippen LogP) is 3.53. The van der Waals surface area contributed by atoms with Gasteiger partial charge >= 0.3 is 0 Å². The van der Waals surface area contributed by atoms with Crippen LogP contribution in [0.5, 0.6) is 23.0 Å². The lowest BCUT2D eigenvalue weighted by atomic mass is 10.2. The maximum absolute atomic E-state index is 9.44. The number of aryl methyl sites for hydroxylation is 2. The molecule has 0 atom stereocenters. The van der Waals surface area contributed by atoms with Crippen LogP contribution >= 0.6 is 0 Å². The number of hydrogen-bond donors (Lipinski definition) is 4. The summed E-state index contributed by atoms with van der Waals surface area (Å²) in [4.78, 5) is 8.15. The van der Waals surface area contributed by atoms with E-state index in [1.54, 1.807) is 62.4 Å². The molecule has 0 unspecified atom stereocenters. The van der Waals surface area contributed by atoms with Crippen molar-refractivity contribution in [2.75, 3.05) is 0 Å². The minimum atomic E-state index is 0. The van der Waals surface area contributed by atoms with Gasteiger partial charge in [-0.15, -0.1) is 0 Å². The first-order valence-electron chi connectivity index (χ1n) is 7.93. The second-order valence-electron chi connectivity index (χ2n) is 5.88. The van der Waals surface area contributed by atoms with Crippen molar-refractivity contribution < 1.29 is 20.4 Å². The number of benzene rings is 2. The molecule has 0 bridgehead atoms. The Balaban J connectivity index is 0.000000187. The molecule has 3 radical (unpaired) electrons. The Kier molecular flexibility index (Phi) is 6.11. The predicted molar refractivity (Wildman–Crippen MR) is 105 cm³/mol. The van der Waals surface area contributed by atoms with Crippen LogP contribution in [0.15, 0.2) is 48.5 Å². The summed E-state index contributed by atoms with van der Waals surface area (Å²) in [6.45, 7) is 3.39. The molecule has 0 spiro atoms. The van der Waals surface area contributed by atoms with Gasteiger partial charge in [0.05, 0.1) is 11.4 Å². The van der Waals surface area contributed by atoms with Crippen molar-refractivity contribution in [1.82, 2.24) is 9.97 Å². The van der Waals surface area contributed by atoms with Gasteiger partial charge in [-0.25, -0.2) is 9.97 Å². The Morgan fingerprint density at radius 2 is 0.963 bits per heavy atom. The average Bonchev–Trinajstić information content (AvgIpc) is 2.60. The summed E-state index contributed by atoms with van der Waals surface area (Å²) in [5.41, 5.74) is 2.10. The fourth-order valence-corrected chi connectivity index (χ4v) is 2.53. The third-order valence-electron chi connectivity index (χ3n) is 3.98. The summed E-state index contributed by atoms with van der Waals surface area (Å²) in [5.74, 6) is 0.581. The Bertz CT molecular complexity index is 1030. The molecule has 6 nitrogen and oxygen atoms in total. The van der Waals surface area contributed by atoms with Crippen LogP contribution in [-0.2, 0) is 0 Å². The summed E-state index contributed by atoms with van der Waals surface area (Å²) in [6, 6.07) is 13.4. The van der Waals surface area contributed by atoms with Crippen molar-refractivity contribution in [2.45, 2.75) is 13.8 Å². The lowest BCUT2D eigenvalue weighted by Crippen LogP contribution is -1.84. The van der Waals surface area contributed by atoms with Crippen LogP contribution in [0, 0.1) is 13.8 Å². The normalized spacial score (nSPS) is 10.1. The van der Waals surface area contributed by atoms with Gasteiger partial charge in [-0.2, -0.15) is 0 Å². The van der Waals surface area contributed by atoms with Crippen LogP contribution in [0.25, 0.3) is 21.8 Å². The minimum Gasteiger partial charge on any atom is -0.506 e. The summed E-state index contributed by atoms with van der Waals surface area (Å²) >= 11 is 0. The van der Waals surface area contributed by atoms with E-state index in [1.165, 1.54) is 0 Å². The molecule has 4 N–H and O–H groups in total. The highest BCUT2D eigenvalue weighted by molar-refractivity contribution is 5.86. The van der Waals surface area contributed by atoms with Crippen molar-refractivity contribution >= 4 is 39.2 Å². The molecule has 4 aromatic rings. The van der Waals surface area contributed by atoms with Crippen molar-refractivity contribution in [3.05, 3.63) is 59.9 Å². The van der Waals surface area contributed by atoms with Gasteiger partial charge in [0, 0.05) is 28.1 Å². The van der Waals surface area contributed by atoms with Crippen molar-refractivity contribution in [3.63, 3.8) is 0 Å². The molecule has 4 rings (SSSR count). The first-order valence-corrected chi connectivity index (χ1v) is 7.93. The van der Waals surface area contributed by atoms with E-state index in [1.807, 2.05) is 0 Å². The molecular weight excluding hydrogens is 359 g/mol. The highest BCUT2D eigenvalue weighted by Gasteiger charge is 2.05. The second-order valence-corrected chi connectivity index (χ2v) is 5.88. The van der Waals surface area contributed by atoms with Gasteiger partial charge < -0.3 is 20.4 Å². The van der Waals surface area contributed by atoms with E-state index in [-0.39, 0.29) is 40.4 Å². The molecule has 0 saturated heterocycles. The third kappa shape index (κ3) is 4.22. The monoisotopic (exact) mass is 377 g/mol. The highest BCUT2D eigenvalue weighted by atomic mass is 27.0. The summed E-state index contributed by atoms with van der Waals surface area (Å²) < 4.78 is 0. The van der Waals surface area contributed by atoms with Crippen LogP contribution in [-0.4, -0.2) is 47.8 Å². The van der Waals surface area contributed by atoms with E-state index < -0.39 is 0 Å². The first kappa shape index (κ1) is 20.3. The van der Waals surface area contributed by atoms with Gasteiger partial charge in [0.2, 0.25) is 0 Å². The van der Waals surface area contributed by atoms with Crippen molar-refractivity contribution in [2.24, 2.45) is 0 Å². The molecule has 2 heterocycles. The van der Waals surface area contributed by atoms with Crippen LogP contribution in [0.2, 0.25) is 0 Å². The number of para-hydroxylation sites is 2. The molecule has 2 aromatic heterocycles. The van der Waals surface area contributed by atoms with Gasteiger partial charge in [-0.3, -0.25) is 0 Å². The molecule has 2 aromatic carbocycles. The lowest BCUT2D eigenvalue weighted by Gasteiger charge is -2.02. The van der Waals surface area contributed by atoms with Crippen molar-refractivity contribution in [1.29, 1.82) is 0 Å². The lowest BCUT2D eigenvalue weighted by molar-refractivity contribution is 0.466. The van der Waals surface area contributed by atoms with E-state index >= 15 is 0 Å². The van der Waals surface area contributed by atoms with Crippen LogP contribution in [0.1, 0.15) is 11.4 Å². The molecule has 0 aliphatic rings. The molecule has 7 heteroatoms. The largest absolute Gasteiger partial charge is 0.506 e. The van der Waals surface area contributed by atoms with Crippen LogP contribution in [0.4, 0.5) is 0 Å². The average molecular weight is 377 g/mol. The number of fused-ring (bicyclic) bond motifs is 2. The molecule has 0 fully saturated rings. The molecule has 0 saturated carbocycles. The highest BCUT2D eigenvalue weighted by Crippen LogP contribution is 2.27. The van der Waals surface area contributed by atoms with E-state index in [4.69, 9.17) is 0 Å². The van der Waals surface area contributed by atoms with Gasteiger partial charge in [0.15, 0.2) is 0 Å². The van der Waals surface area contributed by atoms with Gasteiger partial charge in [0.1, 0.15) is 34.0 Å². The summed E-state index contributed by atoms with van der Waals surface area (Å²) in [5, 5.41) is 39.1. The van der Waals surface area contributed by atoms with Crippen LogP contribution < -0.4 is 0 Å². The fourth-order valence-electron chi connectivity index (χ4n) is 2.53. The molecule has 27 heavy (non-hydrogen) atoms. The van der Waals surface area contributed by atoms with E-state index in [2.05, 4.69) is 9.97 Å². The molecular formula is C20H18AlN2O4. The summed E-state index contributed by atoms with van der Waals surface area (Å²) in [6.07, 6.45) is 0. The zero-order valence-electron chi connectivity index (χ0n) is 14.9. The number of phenolic OH excluding ortho intramolecular Hbond substituents is 2. The molecule has 135 valence electrons. The minimum absolute atomic E-state index is 0. The number of aromatic nitrogens is 2. The van der Waals surface area contributed by atoms with Gasteiger partial charge in [-0.05, 0) is 38.1 Å². The molecule has 0 aliphatic carbocycles. The standard InChI is InChI=1S/2C10H9NO2.Al/c2*1-6-9(13)5-7-3-2-4-8(12)10(7)11-6;/h2*2-5,12-13H,1H3;. The quantitative estimate of drug-likeness (QED) is 0.349. The number of hydrogen-bond acceptors (Lipinski definition) is 6. The van der Waals surface area contributed by atoms with E-state index in [0.29, 0.717) is 22.4 Å². The maximum Gasteiger partial charge on any atom is 0.141 e. The fraction of sp³-hybridized carbons (Fsp3) is 0.100. The Morgan fingerprint density at radius 1 is 0.593 bits per heavy atom. The van der Waals surface area contributed by atoms with Crippen molar-refractivity contribution in [3.8, 4) is 23.0 Å². The maximum atomic E-state index is 9.44. The first-order chi connectivity index (χ1) is 12.4. The number of phenols is 2. The number of rotatable bonds is 0. The third-order valence-corrected chi connectivity index (χ3v) is 3.98. The Hall–Kier alpha value is -3.01. The Morgan fingerprint density at radius 3 is 1.33 bits per heavy atom. The van der Waals surface area contributed by atoms with Gasteiger partial charge in [-0.1, -0.05) is 24.3 Å².